The van der Waals surface area contributed by atoms with E-state index in [9.17, 15) is 4.79 Å². The Labute approximate surface area is 117 Å². The van der Waals surface area contributed by atoms with E-state index >= 15 is 0 Å². The van der Waals surface area contributed by atoms with E-state index in [0.717, 1.165) is 36.2 Å². The molecule has 0 unspecified atom stereocenters. The van der Waals surface area contributed by atoms with Gasteiger partial charge in [-0.15, -0.1) is 0 Å². The first-order valence-electron chi connectivity index (χ1n) is 8.87. The Hall–Kier alpha value is -1.61. The summed E-state index contributed by atoms with van der Waals surface area (Å²) in [4.78, 5) is 12.4. The van der Waals surface area contributed by atoms with E-state index in [0.29, 0.717) is 0 Å². The fraction of sp³-hybridized carbons (Fsp3) is 0.400. The van der Waals surface area contributed by atoms with E-state index in [1.54, 1.807) is 12.1 Å². The second kappa shape index (κ2) is 5.36. The molecule has 0 aliphatic carbocycles. The molecule has 18 heavy (non-hydrogen) atoms. The minimum Gasteiger partial charge on any atom is -0.345 e. The minimum atomic E-state index is -3.04. The van der Waals surface area contributed by atoms with Crippen molar-refractivity contribution in [2.24, 2.45) is 0 Å². The lowest BCUT2D eigenvalue weighted by atomic mass is 9.94. The van der Waals surface area contributed by atoms with E-state index in [1.165, 1.54) is 6.07 Å². The number of nitrogens with zero attached hydrogens (tertiary/aromatic N) is 1. The summed E-state index contributed by atoms with van der Waals surface area (Å²) in [5.41, 5.74) is 3.01. The Bertz CT molecular complexity index is 649. The highest BCUT2D eigenvalue weighted by molar-refractivity contribution is 5.94. The Morgan fingerprint density at radius 2 is 2.28 bits per heavy atom. The van der Waals surface area contributed by atoms with Crippen molar-refractivity contribution >= 4 is 11.5 Å². The highest BCUT2D eigenvalue weighted by atomic mass is 16.2. The molecule has 1 amide bonds. The highest BCUT2D eigenvalue weighted by Crippen LogP contribution is 2.24. The molecule has 0 radical (unpaired) electrons. The lowest BCUT2D eigenvalue weighted by molar-refractivity contribution is 0.0827. The molecule has 0 spiro atoms. The van der Waals surface area contributed by atoms with Crippen LogP contribution in [0.2, 0.25) is 0 Å². The molecule has 1 aliphatic heterocycles. The number of hydrogen-bond donors (Lipinski definition) is 1. The monoisotopic (exact) mass is 250 g/mol. The number of aryl methyl sites for hydroxylation is 1. The highest BCUT2D eigenvalue weighted by Gasteiger charge is 2.12. The van der Waals surface area contributed by atoms with Gasteiger partial charge < -0.3 is 10.2 Å². The summed E-state index contributed by atoms with van der Waals surface area (Å²) in [5, 5.41) is 3.22. The number of benzene rings is 1. The summed E-state index contributed by atoms with van der Waals surface area (Å²) in [6.45, 7) is -2.60. The van der Waals surface area contributed by atoms with E-state index < -0.39 is 19.9 Å². The number of carbonyl (C=O) groups is 1. The molecule has 1 aromatic rings. The third-order valence-electron chi connectivity index (χ3n) is 3.09. The van der Waals surface area contributed by atoms with Gasteiger partial charge in [0, 0.05) is 34.3 Å². The smallest absolute Gasteiger partial charge is 0.253 e. The molecule has 1 aliphatic rings. The van der Waals surface area contributed by atoms with Crippen molar-refractivity contribution in [3.63, 3.8) is 0 Å². The van der Waals surface area contributed by atoms with Crippen LogP contribution < -0.4 is 5.32 Å². The van der Waals surface area contributed by atoms with Crippen LogP contribution >= 0.6 is 0 Å². The van der Waals surface area contributed by atoms with Gasteiger partial charge in [0.05, 0.1) is 0 Å². The largest absolute Gasteiger partial charge is 0.345 e. The lowest BCUT2D eigenvalue weighted by Gasteiger charge is -2.17. The fourth-order valence-corrected chi connectivity index (χ4v) is 2.15. The maximum Gasteiger partial charge on any atom is 0.253 e. The summed E-state index contributed by atoms with van der Waals surface area (Å²) in [5.74, 6) is -1.02. The quantitative estimate of drug-likeness (QED) is 0.871. The van der Waals surface area contributed by atoms with Crippen LogP contribution in [0.5, 0.6) is 0 Å². The van der Waals surface area contributed by atoms with Crippen molar-refractivity contribution in [2.45, 2.75) is 13.3 Å². The van der Waals surface area contributed by atoms with Crippen LogP contribution in [0.25, 0.3) is 5.57 Å². The summed E-state index contributed by atoms with van der Waals surface area (Å²) in [7, 11) is 0. The lowest BCUT2D eigenvalue weighted by Crippen LogP contribution is -2.22. The third-order valence-corrected chi connectivity index (χ3v) is 3.09. The fourth-order valence-electron chi connectivity index (χ4n) is 2.15. The van der Waals surface area contributed by atoms with Crippen molar-refractivity contribution in [2.75, 3.05) is 27.0 Å². The molecule has 0 saturated carbocycles. The Morgan fingerprint density at radius 1 is 1.44 bits per heavy atom. The first-order valence-corrected chi connectivity index (χ1v) is 5.87. The average Bonchev–Trinajstić information content (AvgIpc) is 2.45. The van der Waals surface area contributed by atoms with Crippen LogP contribution in [-0.4, -0.2) is 37.8 Å². The van der Waals surface area contributed by atoms with E-state index in [2.05, 4.69) is 11.4 Å². The standard InChI is InChI=1S/C15H20N2O/c1-11-10-13(15(18)17(2)3)4-5-14(11)12-6-8-16-9-7-12/h4-6,10,16H,7-9H2,1-3H3/i2D3,3D3. The van der Waals surface area contributed by atoms with Crippen LogP contribution in [0.1, 0.15) is 36.1 Å². The second-order valence-corrected chi connectivity index (χ2v) is 4.35. The van der Waals surface area contributed by atoms with Crippen molar-refractivity contribution in [3.05, 3.63) is 41.0 Å². The summed E-state index contributed by atoms with van der Waals surface area (Å²) < 4.78 is 44.1. The molecule has 0 bridgehead atoms. The van der Waals surface area contributed by atoms with Crippen LogP contribution in [0.15, 0.2) is 24.3 Å². The molecule has 96 valence electrons. The van der Waals surface area contributed by atoms with Crippen LogP contribution in [0, 0.1) is 6.92 Å². The SMILES string of the molecule is [2H]C([2H])([2H])N(C(=O)c1ccc(C2=CCNCC2)c(C)c1)C([2H])([2H])[2H]. The van der Waals surface area contributed by atoms with Gasteiger partial charge in [0.25, 0.3) is 5.91 Å². The van der Waals surface area contributed by atoms with Gasteiger partial charge in [-0.2, -0.15) is 0 Å². The van der Waals surface area contributed by atoms with Crippen LogP contribution in [-0.2, 0) is 0 Å². The van der Waals surface area contributed by atoms with Crippen LogP contribution in [0.4, 0.5) is 0 Å². The summed E-state index contributed by atoms with van der Waals surface area (Å²) in [6.07, 6.45) is 2.94. The molecule has 3 nitrogen and oxygen atoms in total. The number of carbonyl (C=O) groups excluding carboxylic acids is 1. The molecule has 0 saturated heterocycles. The van der Waals surface area contributed by atoms with Crippen molar-refractivity contribution in [3.8, 4) is 0 Å². The first kappa shape index (κ1) is 7.10. The van der Waals surface area contributed by atoms with E-state index in [1.807, 2.05) is 6.92 Å². The molecular formula is C15H20N2O. The molecule has 1 aromatic carbocycles. The molecule has 0 aromatic heterocycles. The second-order valence-electron chi connectivity index (χ2n) is 4.35. The molecule has 1 N–H and O–H groups in total. The molecular weight excluding hydrogens is 224 g/mol. The minimum absolute atomic E-state index is 0.0156. The predicted molar refractivity (Wildman–Crippen MR) is 74.7 cm³/mol. The van der Waals surface area contributed by atoms with Crippen LogP contribution in [0.3, 0.4) is 0 Å². The topological polar surface area (TPSA) is 32.3 Å². The average molecular weight is 250 g/mol. The third kappa shape index (κ3) is 2.62. The van der Waals surface area contributed by atoms with E-state index in [-0.39, 0.29) is 10.5 Å². The maximum atomic E-state index is 12.5. The summed E-state index contributed by atoms with van der Waals surface area (Å²) in [6, 6.07) is 4.78. The van der Waals surface area contributed by atoms with Crippen molar-refractivity contribution < 1.29 is 13.0 Å². The van der Waals surface area contributed by atoms with Gasteiger partial charge in [-0.05, 0) is 48.7 Å². The number of rotatable bonds is 2. The van der Waals surface area contributed by atoms with Gasteiger partial charge in [0.1, 0.15) is 0 Å². The molecule has 0 atom stereocenters. The van der Waals surface area contributed by atoms with Gasteiger partial charge in [-0.1, -0.05) is 12.1 Å². The predicted octanol–water partition coefficient (Wildman–Crippen LogP) is 2.07. The molecule has 0 fully saturated rings. The Morgan fingerprint density at radius 3 is 2.89 bits per heavy atom. The zero-order valence-electron chi connectivity index (χ0n) is 16.3. The van der Waals surface area contributed by atoms with E-state index in [4.69, 9.17) is 8.22 Å². The zero-order chi connectivity index (χ0) is 18.1. The first-order chi connectivity index (χ1) is 11.0. The molecule has 1 heterocycles. The van der Waals surface area contributed by atoms with Gasteiger partial charge in [-0.3, -0.25) is 4.79 Å². The van der Waals surface area contributed by atoms with Gasteiger partial charge in [0.15, 0.2) is 0 Å². The van der Waals surface area contributed by atoms with Crippen molar-refractivity contribution in [1.82, 2.24) is 10.2 Å². The van der Waals surface area contributed by atoms with Gasteiger partial charge >= 0.3 is 0 Å². The summed E-state index contributed by atoms with van der Waals surface area (Å²) >= 11 is 0. The Kier molecular flexibility index (Phi) is 2.11. The van der Waals surface area contributed by atoms with Gasteiger partial charge in [0.2, 0.25) is 0 Å². The Balaban J connectivity index is 2.37. The zero-order valence-corrected chi connectivity index (χ0v) is 10.3. The number of amides is 1. The molecule has 2 rings (SSSR count). The number of nitrogens with one attached hydrogen (secondary N) is 1. The maximum absolute atomic E-state index is 12.5. The molecule has 3 heteroatoms. The van der Waals surface area contributed by atoms with Crippen molar-refractivity contribution in [1.29, 1.82) is 0 Å². The van der Waals surface area contributed by atoms with Gasteiger partial charge in [-0.25, -0.2) is 0 Å². The number of hydrogen-bond acceptors (Lipinski definition) is 2. The normalized spacial score (nSPS) is 21.5.